The molecule has 1 aromatic carbocycles. The number of aryl methyl sites for hydroxylation is 2. The zero-order valence-corrected chi connectivity index (χ0v) is 14.9. The summed E-state index contributed by atoms with van der Waals surface area (Å²) in [6, 6.07) is 7.46. The van der Waals surface area contributed by atoms with Gasteiger partial charge < -0.3 is 10.3 Å². The lowest BCUT2D eigenvalue weighted by molar-refractivity contribution is 0.243. The lowest BCUT2D eigenvalue weighted by atomic mass is 10.1. The van der Waals surface area contributed by atoms with Crippen LogP contribution in [0, 0.1) is 13.8 Å². The Balaban J connectivity index is 1.71. The summed E-state index contributed by atoms with van der Waals surface area (Å²) >= 11 is 1.54. The zero-order chi connectivity index (χ0) is 17.6. The molecular formula is C18H18N4O2S. The molecule has 0 radical (unpaired) electrons. The van der Waals surface area contributed by atoms with E-state index in [-0.39, 0.29) is 11.6 Å². The third-order valence-corrected chi connectivity index (χ3v) is 5.67. The maximum absolute atomic E-state index is 12.4. The molecular weight excluding hydrogens is 336 g/mol. The number of carbonyl (C=O) groups is 1. The van der Waals surface area contributed by atoms with Crippen LogP contribution in [0.5, 0.6) is 0 Å². The fraction of sp³-hybridized carbons (Fsp3) is 0.278. The van der Waals surface area contributed by atoms with Gasteiger partial charge in [-0.15, -0.1) is 11.3 Å². The number of carbonyl (C=O) groups excluding carboxylic acids is 1. The molecule has 4 rings (SSSR count). The van der Waals surface area contributed by atoms with Crippen molar-refractivity contribution in [1.29, 1.82) is 0 Å². The summed E-state index contributed by atoms with van der Waals surface area (Å²) in [6.45, 7) is 5.38. The van der Waals surface area contributed by atoms with Crippen molar-refractivity contribution in [2.45, 2.75) is 20.3 Å². The quantitative estimate of drug-likeness (QED) is 0.742. The highest BCUT2D eigenvalue weighted by atomic mass is 32.1. The Morgan fingerprint density at radius 3 is 2.64 bits per heavy atom. The van der Waals surface area contributed by atoms with Crippen molar-refractivity contribution in [3.63, 3.8) is 0 Å². The maximum Gasteiger partial charge on any atom is 0.321 e. The molecule has 25 heavy (non-hydrogen) atoms. The smallest absolute Gasteiger partial charge is 0.321 e. The first kappa shape index (κ1) is 15.8. The molecule has 0 atom stereocenters. The highest BCUT2D eigenvalue weighted by molar-refractivity contribution is 7.18. The van der Waals surface area contributed by atoms with Gasteiger partial charge in [0, 0.05) is 29.2 Å². The molecule has 0 saturated carbocycles. The number of anilines is 1. The summed E-state index contributed by atoms with van der Waals surface area (Å²) in [5, 5.41) is 3.51. The van der Waals surface area contributed by atoms with E-state index in [4.69, 9.17) is 0 Å². The molecule has 2 amide bonds. The predicted molar refractivity (Wildman–Crippen MR) is 101 cm³/mol. The molecule has 3 heterocycles. The number of hydrogen-bond acceptors (Lipinski definition) is 4. The normalized spacial score (nSPS) is 14.8. The van der Waals surface area contributed by atoms with Crippen molar-refractivity contribution < 1.29 is 4.79 Å². The van der Waals surface area contributed by atoms with Crippen LogP contribution in [0.2, 0.25) is 0 Å². The lowest BCUT2D eigenvalue weighted by Crippen LogP contribution is -2.46. The number of rotatable bonds is 2. The fourth-order valence-corrected chi connectivity index (χ4v) is 4.10. The number of nitrogens with one attached hydrogen (secondary N) is 2. The first-order chi connectivity index (χ1) is 12.0. The number of nitrogens with zero attached hydrogens (tertiary/aromatic N) is 2. The van der Waals surface area contributed by atoms with Crippen molar-refractivity contribution in [3.05, 3.63) is 45.1 Å². The molecule has 2 N–H and O–H groups in total. The van der Waals surface area contributed by atoms with Crippen LogP contribution in [0.15, 0.2) is 29.1 Å². The number of aromatic nitrogens is 2. The van der Waals surface area contributed by atoms with Gasteiger partial charge in [-0.2, -0.15) is 0 Å². The van der Waals surface area contributed by atoms with Gasteiger partial charge in [0.05, 0.1) is 5.39 Å². The van der Waals surface area contributed by atoms with Crippen molar-refractivity contribution in [2.24, 2.45) is 0 Å². The third kappa shape index (κ3) is 2.70. The number of aromatic amines is 1. The molecule has 2 aromatic heterocycles. The minimum Gasteiger partial charge on any atom is -0.338 e. The van der Waals surface area contributed by atoms with E-state index in [9.17, 15) is 9.59 Å². The Bertz CT molecular complexity index is 1020. The number of thiophene rings is 1. The Morgan fingerprint density at radius 2 is 1.92 bits per heavy atom. The third-order valence-electron chi connectivity index (χ3n) is 4.57. The van der Waals surface area contributed by atoms with E-state index in [1.54, 1.807) is 4.90 Å². The highest BCUT2D eigenvalue weighted by Crippen LogP contribution is 2.28. The molecule has 128 valence electrons. The van der Waals surface area contributed by atoms with E-state index in [1.165, 1.54) is 11.3 Å². The van der Waals surface area contributed by atoms with Crippen molar-refractivity contribution in [3.8, 4) is 11.4 Å². The highest BCUT2D eigenvalue weighted by Gasteiger charge is 2.19. The number of benzene rings is 1. The van der Waals surface area contributed by atoms with Gasteiger partial charge in [0.25, 0.3) is 5.56 Å². The summed E-state index contributed by atoms with van der Waals surface area (Å²) in [7, 11) is 0. The van der Waals surface area contributed by atoms with E-state index in [0.29, 0.717) is 17.8 Å². The largest absolute Gasteiger partial charge is 0.338 e. The van der Waals surface area contributed by atoms with Crippen LogP contribution in [0.1, 0.15) is 16.9 Å². The van der Waals surface area contributed by atoms with Gasteiger partial charge in [-0.1, -0.05) is 0 Å². The first-order valence-corrected chi connectivity index (χ1v) is 9.02. The second-order valence-corrected chi connectivity index (χ2v) is 7.37. The Hall–Kier alpha value is -2.67. The molecule has 0 unspecified atom stereocenters. The van der Waals surface area contributed by atoms with Gasteiger partial charge in [-0.05, 0) is 50.1 Å². The van der Waals surface area contributed by atoms with E-state index >= 15 is 0 Å². The summed E-state index contributed by atoms with van der Waals surface area (Å²) in [5.41, 5.74) is 2.55. The van der Waals surface area contributed by atoms with Crippen LogP contribution in [-0.4, -0.2) is 29.1 Å². The summed E-state index contributed by atoms with van der Waals surface area (Å²) in [4.78, 5) is 35.4. The molecule has 0 spiro atoms. The minimum absolute atomic E-state index is 0.0727. The van der Waals surface area contributed by atoms with Gasteiger partial charge in [-0.25, -0.2) is 9.78 Å². The minimum atomic E-state index is -0.110. The lowest BCUT2D eigenvalue weighted by Gasteiger charge is -2.27. The predicted octanol–water partition coefficient (Wildman–Crippen LogP) is 3.19. The van der Waals surface area contributed by atoms with E-state index in [0.717, 1.165) is 39.5 Å². The number of fused-ring (bicyclic) bond motifs is 1. The van der Waals surface area contributed by atoms with Crippen LogP contribution >= 0.6 is 11.3 Å². The Labute approximate surface area is 148 Å². The molecule has 1 saturated heterocycles. The molecule has 0 bridgehead atoms. The SMILES string of the molecule is Cc1sc2nc(-c3ccc(N4CCCNC4=O)cc3)[nH]c(=O)c2c1C. The van der Waals surface area contributed by atoms with Gasteiger partial charge in [0.1, 0.15) is 10.7 Å². The van der Waals surface area contributed by atoms with E-state index in [1.807, 2.05) is 38.1 Å². The van der Waals surface area contributed by atoms with Crippen molar-refractivity contribution in [1.82, 2.24) is 15.3 Å². The van der Waals surface area contributed by atoms with Crippen LogP contribution in [0.25, 0.3) is 21.6 Å². The average Bonchev–Trinajstić information content (AvgIpc) is 2.90. The number of urea groups is 1. The molecule has 1 fully saturated rings. The van der Waals surface area contributed by atoms with Crippen LogP contribution < -0.4 is 15.8 Å². The van der Waals surface area contributed by atoms with Gasteiger partial charge in [-0.3, -0.25) is 9.69 Å². The number of H-pyrrole nitrogens is 1. The summed E-state index contributed by atoms with van der Waals surface area (Å²) < 4.78 is 0. The van der Waals surface area contributed by atoms with Gasteiger partial charge in [0.15, 0.2) is 0 Å². The second-order valence-electron chi connectivity index (χ2n) is 6.16. The number of amides is 2. The fourth-order valence-electron chi connectivity index (χ4n) is 3.07. The van der Waals surface area contributed by atoms with Crippen LogP contribution in [0.4, 0.5) is 10.5 Å². The second kappa shape index (κ2) is 6.00. The molecule has 1 aliphatic rings. The maximum atomic E-state index is 12.4. The standard InChI is InChI=1S/C18H18N4O2S/c1-10-11(2)25-17-14(10)16(23)20-15(21-17)12-4-6-13(7-5-12)22-9-3-8-19-18(22)24/h4-7H,3,8-9H2,1-2H3,(H,19,24)(H,20,21,23). The van der Waals surface area contributed by atoms with Crippen molar-refractivity contribution in [2.75, 3.05) is 18.0 Å². The molecule has 1 aliphatic heterocycles. The van der Waals surface area contributed by atoms with Gasteiger partial charge in [0.2, 0.25) is 0 Å². The monoisotopic (exact) mass is 354 g/mol. The van der Waals surface area contributed by atoms with Crippen LogP contribution in [-0.2, 0) is 0 Å². The molecule has 7 heteroatoms. The molecule has 3 aromatic rings. The van der Waals surface area contributed by atoms with E-state index < -0.39 is 0 Å². The van der Waals surface area contributed by atoms with Crippen molar-refractivity contribution >= 4 is 33.3 Å². The van der Waals surface area contributed by atoms with Crippen LogP contribution in [0.3, 0.4) is 0 Å². The first-order valence-electron chi connectivity index (χ1n) is 8.20. The molecule has 6 nitrogen and oxygen atoms in total. The summed E-state index contributed by atoms with van der Waals surface area (Å²) in [6.07, 6.45) is 0.927. The topological polar surface area (TPSA) is 78.1 Å². The number of hydrogen-bond donors (Lipinski definition) is 2. The Kier molecular flexibility index (Phi) is 3.80. The summed E-state index contributed by atoms with van der Waals surface area (Å²) in [5.74, 6) is 0.549. The zero-order valence-electron chi connectivity index (χ0n) is 14.0. The average molecular weight is 354 g/mol. The molecule has 0 aliphatic carbocycles. The van der Waals surface area contributed by atoms with E-state index in [2.05, 4.69) is 15.3 Å². The van der Waals surface area contributed by atoms with Gasteiger partial charge >= 0.3 is 6.03 Å². The Morgan fingerprint density at radius 1 is 1.16 bits per heavy atom.